The molecule has 2 aromatic rings. The van der Waals surface area contributed by atoms with Crippen LogP contribution in [-0.4, -0.2) is 29.1 Å². The smallest absolute Gasteiger partial charge is 0.236 e. The zero-order valence-corrected chi connectivity index (χ0v) is 17.1. The van der Waals surface area contributed by atoms with E-state index in [1.165, 1.54) is 4.31 Å². The third-order valence-electron chi connectivity index (χ3n) is 4.74. The van der Waals surface area contributed by atoms with Gasteiger partial charge in [-0.2, -0.15) is 0 Å². The second-order valence-corrected chi connectivity index (χ2v) is 10.6. The van der Waals surface area contributed by atoms with Gasteiger partial charge in [0.05, 0.1) is 17.2 Å². The Morgan fingerprint density at radius 2 is 1.81 bits per heavy atom. The van der Waals surface area contributed by atoms with Crippen molar-refractivity contribution in [1.82, 2.24) is 0 Å². The fraction of sp³-hybridized carbons (Fsp3) is 0.368. The van der Waals surface area contributed by atoms with Crippen LogP contribution in [0.3, 0.4) is 0 Å². The highest BCUT2D eigenvalue weighted by Crippen LogP contribution is 2.32. The molecular weight excluding hydrogens is 384 g/mol. The molecule has 146 valence electrons. The summed E-state index contributed by atoms with van der Waals surface area (Å²) in [6, 6.07) is 12.4. The summed E-state index contributed by atoms with van der Waals surface area (Å²) >= 11 is 0. The number of sulfonamides is 2. The summed E-state index contributed by atoms with van der Waals surface area (Å²) in [4.78, 5) is 0. The molecule has 0 bridgehead atoms. The highest BCUT2D eigenvalue weighted by Gasteiger charge is 2.26. The molecule has 1 N–H and O–H groups in total. The van der Waals surface area contributed by atoms with Crippen LogP contribution < -0.4 is 9.03 Å². The Labute approximate surface area is 161 Å². The maximum absolute atomic E-state index is 12.5. The van der Waals surface area contributed by atoms with Gasteiger partial charge in [0.1, 0.15) is 0 Å². The summed E-state index contributed by atoms with van der Waals surface area (Å²) in [7, 11) is -6.90. The van der Waals surface area contributed by atoms with E-state index in [0.29, 0.717) is 24.3 Å². The minimum Gasteiger partial charge on any atom is -0.283 e. The molecule has 0 aliphatic carbocycles. The topological polar surface area (TPSA) is 83.6 Å². The maximum Gasteiger partial charge on any atom is 0.236 e. The first-order valence-electron chi connectivity index (χ1n) is 8.90. The minimum absolute atomic E-state index is 0.0389. The Morgan fingerprint density at radius 3 is 2.52 bits per heavy atom. The molecule has 6 nitrogen and oxygen atoms in total. The molecule has 0 spiro atoms. The maximum atomic E-state index is 12.5. The zero-order valence-electron chi connectivity index (χ0n) is 15.5. The number of fused-ring (bicyclic) bond motifs is 1. The molecule has 1 aliphatic heterocycles. The molecule has 3 rings (SSSR count). The lowest BCUT2D eigenvalue weighted by Crippen LogP contribution is -2.36. The van der Waals surface area contributed by atoms with Gasteiger partial charge >= 0.3 is 0 Å². The van der Waals surface area contributed by atoms with E-state index in [0.717, 1.165) is 23.1 Å². The Balaban J connectivity index is 1.84. The molecule has 0 saturated heterocycles. The second-order valence-electron chi connectivity index (χ2n) is 6.71. The van der Waals surface area contributed by atoms with E-state index in [2.05, 4.69) is 4.72 Å². The predicted molar refractivity (Wildman–Crippen MR) is 109 cm³/mol. The molecule has 0 unspecified atom stereocenters. The largest absolute Gasteiger partial charge is 0.283 e. The van der Waals surface area contributed by atoms with E-state index in [1.54, 1.807) is 31.2 Å². The van der Waals surface area contributed by atoms with Crippen LogP contribution in [0, 0.1) is 6.92 Å². The summed E-state index contributed by atoms with van der Waals surface area (Å²) in [6.07, 6.45) is 1.43. The fourth-order valence-corrected chi connectivity index (χ4v) is 5.75. The molecule has 27 heavy (non-hydrogen) atoms. The standard InChI is InChI=1S/C19H24N2O4S2/c1-3-27(24,25)21-12-6-9-16-13-18(10-11-19(16)21)20-26(22,23)14-17-8-5-4-7-15(17)2/h4-5,7-8,10-11,13,20H,3,6,9,12,14H2,1-2H3. The van der Waals surface area contributed by atoms with Crippen molar-refractivity contribution >= 4 is 31.4 Å². The van der Waals surface area contributed by atoms with Crippen LogP contribution in [0.15, 0.2) is 42.5 Å². The van der Waals surface area contributed by atoms with Crippen molar-refractivity contribution in [1.29, 1.82) is 0 Å². The van der Waals surface area contributed by atoms with Crippen LogP contribution >= 0.6 is 0 Å². The van der Waals surface area contributed by atoms with Crippen molar-refractivity contribution in [2.75, 3.05) is 21.3 Å². The molecular formula is C19H24N2O4S2. The SMILES string of the molecule is CCS(=O)(=O)N1CCCc2cc(NS(=O)(=O)Cc3ccccc3C)ccc21. The van der Waals surface area contributed by atoms with Crippen LogP contribution in [-0.2, 0) is 32.2 Å². The molecule has 1 aliphatic rings. The summed E-state index contributed by atoms with van der Waals surface area (Å²) in [5, 5.41) is 0. The molecule has 0 atom stereocenters. The van der Waals surface area contributed by atoms with Crippen LogP contribution in [0.1, 0.15) is 30.0 Å². The number of nitrogens with zero attached hydrogens (tertiary/aromatic N) is 1. The molecule has 1 heterocycles. The van der Waals surface area contributed by atoms with Crippen molar-refractivity contribution in [3.8, 4) is 0 Å². The van der Waals surface area contributed by atoms with Crippen molar-refractivity contribution < 1.29 is 16.8 Å². The van der Waals surface area contributed by atoms with E-state index in [9.17, 15) is 16.8 Å². The Kier molecular flexibility index (Phi) is 5.48. The van der Waals surface area contributed by atoms with Gasteiger partial charge in [-0.25, -0.2) is 16.8 Å². The van der Waals surface area contributed by atoms with Crippen LogP contribution in [0.5, 0.6) is 0 Å². The van der Waals surface area contributed by atoms with Crippen LogP contribution in [0.25, 0.3) is 0 Å². The summed E-state index contributed by atoms with van der Waals surface area (Å²) in [6.45, 7) is 3.96. The number of anilines is 2. The molecule has 0 radical (unpaired) electrons. The van der Waals surface area contributed by atoms with Gasteiger partial charge in [0.15, 0.2) is 0 Å². The number of aryl methyl sites for hydroxylation is 2. The quantitative estimate of drug-likeness (QED) is 0.796. The van der Waals surface area contributed by atoms with E-state index in [-0.39, 0.29) is 11.5 Å². The first-order valence-corrected chi connectivity index (χ1v) is 12.2. The van der Waals surface area contributed by atoms with Gasteiger partial charge in [0.25, 0.3) is 0 Å². The second kappa shape index (κ2) is 7.52. The van der Waals surface area contributed by atoms with E-state index < -0.39 is 20.0 Å². The zero-order chi connectivity index (χ0) is 19.7. The number of hydrogen-bond donors (Lipinski definition) is 1. The van der Waals surface area contributed by atoms with Gasteiger partial charge in [-0.1, -0.05) is 24.3 Å². The average molecular weight is 409 g/mol. The molecule has 0 aromatic heterocycles. The number of benzene rings is 2. The average Bonchev–Trinajstić information content (AvgIpc) is 2.62. The number of nitrogens with one attached hydrogen (secondary N) is 1. The first-order chi connectivity index (χ1) is 12.7. The van der Waals surface area contributed by atoms with Gasteiger partial charge in [-0.05, 0) is 61.6 Å². The lowest BCUT2D eigenvalue weighted by atomic mass is 10.0. The van der Waals surface area contributed by atoms with Gasteiger partial charge in [0.2, 0.25) is 20.0 Å². The lowest BCUT2D eigenvalue weighted by Gasteiger charge is -2.30. The molecule has 0 amide bonds. The monoisotopic (exact) mass is 408 g/mol. The van der Waals surface area contributed by atoms with Crippen molar-refractivity contribution in [2.24, 2.45) is 0 Å². The highest BCUT2D eigenvalue weighted by atomic mass is 32.2. The summed E-state index contributed by atoms with van der Waals surface area (Å²) in [5.41, 5.74) is 3.62. The highest BCUT2D eigenvalue weighted by molar-refractivity contribution is 7.92. The normalized spacial score (nSPS) is 14.7. The van der Waals surface area contributed by atoms with Gasteiger partial charge in [-0.3, -0.25) is 9.03 Å². The van der Waals surface area contributed by atoms with Crippen LogP contribution in [0.2, 0.25) is 0 Å². The summed E-state index contributed by atoms with van der Waals surface area (Å²) in [5.74, 6) is -0.0651. The first kappa shape index (κ1) is 19.7. The fourth-order valence-electron chi connectivity index (χ4n) is 3.26. The van der Waals surface area contributed by atoms with E-state index in [1.807, 2.05) is 25.1 Å². The molecule has 0 saturated carbocycles. The van der Waals surface area contributed by atoms with Gasteiger partial charge in [0, 0.05) is 12.2 Å². The molecule has 8 heteroatoms. The van der Waals surface area contributed by atoms with Gasteiger partial charge < -0.3 is 0 Å². The van der Waals surface area contributed by atoms with E-state index in [4.69, 9.17) is 0 Å². The lowest BCUT2D eigenvalue weighted by molar-refractivity contribution is 0.587. The Hall–Kier alpha value is -2.06. The third-order valence-corrected chi connectivity index (χ3v) is 7.75. The van der Waals surface area contributed by atoms with E-state index >= 15 is 0 Å². The third kappa shape index (κ3) is 4.44. The molecule has 0 fully saturated rings. The van der Waals surface area contributed by atoms with Crippen molar-refractivity contribution in [2.45, 2.75) is 32.4 Å². The van der Waals surface area contributed by atoms with Crippen molar-refractivity contribution in [3.63, 3.8) is 0 Å². The summed E-state index contributed by atoms with van der Waals surface area (Å²) < 4.78 is 53.7. The Morgan fingerprint density at radius 1 is 1.07 bits per heavy atom. The molecule has 2 aromatic carbocycles. The van der Waals surface area contributed by atoms with Crippen LogP contribution in [0.4, 0.5) is 11.4 Å². The number of rotatable bonds is 6. The van der Waals surface area contributed by atoms with Crippen molar-refractivity contribution in [3.05, 3.63) is 59.2 Å². The van der Waals surface area contributed by atoms with Gasteiger partial charge in [-0.15, -0.1) is 0 Å². The predicted octanol–water partition coefficient (Wildman–Crippen LogP) is 3.04. The number of hydrogen-bond acceptors (Lipinski definition) is 4. The Bertz CT molecular complexity index is 1050. The minimum atomic E-state index is -3.57.